The lowest BCUT2D eigenvalue weighted by Crippen LogP contribution is -2.45. The maximum absolute atomic E-state index is 12.4. The smallest absolute Gasteiger partial charge is 0.325 e. The van der Waals surface area contributed by atoms with Gasteiger partial charge >= 0.3 is 6.03 Å². The molecule has 1 aromatic heterocycles. The van der Waals surface area contributed by atoms with Gasteiger partial charge in [-0.15, -0.1) is 11.3 Å². The number of hydrogen-bond acceptors (Lipinski definition) is 4. The number of nitrogens with zero attached hydrogens (tertiary/aromatic N) is 1. The van der Waals surface area contributed by atoms with Crippen LogP contribution in [0.2, 0.25) is 0 Å². The average molecular weight is 400 g/mol. The van der Waals surface area contributed by atoms with E-state index in [-0.39, 0.29) is 18.4 Å². The van der Waals surface area contributed by atoms with E-state index in [0.717, 1.165) is 32.8 Å². The first-order valence-corrected chi connectivity index (χ1v) is 9.26. The van der Waals surface area contributed by atoms with E-state index in [2.05, 4.69) is 26.6 Å². The second kappa shape index (κ2) is 6.60. The van der Waals surface area contributed by atoms with Crippen LogP contribution in [0.25, 0.3) is 0 Å². The van der Waals surface area contributed by atoms with Crippen molar-refractivity contribution in [2.45, 2.75) is 37.6 Å². The topological polar surface area (TPSA) is 78.5 Å². The van der Waals surface area contributed by atoms with E-state index in [1.165, 1.54) is 0 Å². The van der Waals surface area contributed by atoms with Crippen LogP contribution in [-0.4, -0.2) is 41.4 Å². The number of amides is 4. The Kier molecular flexibility index (Phi) is 4.72. The van der Waals surface area contributed by atoms with Gasteiger partial charge in [-0.3, -0.25) is 14.5 Å². The van der Waals surface area contributed by atoms with Crippen molar-refractivity contribution in [3.05, 3.63) is 20.8 Å². The molecule has 6 nitrogen and oxygen atoms in total. The summed E-state index contributed by atoms with van der Waals surface area (Å²) in [7, 11) is 0. The van der Waals surface area contributed by atoms with Crippen molar-refractivity contribution >= 4 is 45.1 Å². The van der Waals surface area contributed by atoms with Gasteiger partial charge in [0.15, 0.2) is 0 Å². The SMILES string of the molecule is O=C(CN1C(=O)NC2(CCCC2)C1=O)NCCc1ccc(Br)s1. The Labute approximate surface area is 146 Å². The average Bonchev–Trinajstić information content (AvgIpc) is 3.18. The number of nitrogens with one attached hydrogen (secondary N) is 2. The molecule has 3 rings (SSSR count). The highest BCUT2D eigenvalue weighted by Crippen LogP contribution is 2.34. The number of halogens is 1. The molecule has 1 spiro atoms. The third kappa shape index (κ3) is 3.42. The Morgan fingerprint density at radius 1 is 1.35 bits per heavy atom. The van der Waals surface area contributed by atoms with Crippen molar-refractivity contribution in [1.82, 2.24) is 15.5 Å². The fourth-order valence-electron chi connectivity index (χ4n) is 3.15. The lowest BCUT2D eigenvalue weighted by molar-refractivity contribution is -0.134. The minimum atomic E-state index is -0.749. The highest BCUT2D eigenvalue weighted by Gasteiger charge is 2.52. The van der Waals surface area contributed by atoms with Crippen LogP contribution in [0.5, 0.6) is 0 Å². The van der Waals surface area contributed by atoms with Gasteiger partial charge in [-0.1, -0.05) is 12.8 Å². The first-order chi connectivity index (χ1) is 11.0. The summed E-state index contributed by atoms with van der Waals surface area (Å²) >= 11 is 5.02. The highest BCUT2D eigenvalue weighted by atomic mass is 79.9. The third-order valence-corrected chi connectivity index (χ3v) is 6.01. The summed E-state index contributed by atoms with van der Waals surface area (Å²) in [5.41, 5.74) is -0.749. The van der Waals surface area contributed by atoms with Crippen molar-refractivity contribution in [2.24, 2.45) is 0 Å². The number of urea groups is 1. The number of rotatable bonds is 5. The van der Waals surface area contributed by atoms with E-state index in [4.69, 9.17) is 0 Å². The van der Waals surface area contributed by atoms with Gasteiger partial charge in [0.1, 0.15) is 12.1 Å². The highest BCUT2D eigenvalue weighted by molar-refractivity contribution is 9.11. The molecule has 1 aliphatic carbocycles. The van der Waals surface area contributed by atoms with E-state index in [1.807, 2.05) is 12.1 Å². The Balaban J connectivity index is 1.49. The van der Waals surface area contributed by atoms with Crippen molar-refractivity contribution in [2.75, 3.05) is 13.1 Å². The molecular weight excluding hydrogens is 382 g/mol. The molecule has 8 heteroatoms. The largest absolute Gasteiger partial charge is 0.354 e. The molecule has 0 radical (unpaired) electrons. The third-order valence-electron chi connectivity index (χ3n) is 4.33. The number of hydrogen-bond donors (Lipinski definition) is 2. The van der Waals surface area contributed by atoms with E-state index in [0.29, 0.717) is 19.4 Å². The minimum absolute atomic E-state index is 0.208. The molecule has 4 amide bonds. The van der Waals surface area contributed by atoms with E-state index in [9.17, 15) is 14.4 Å². The van der Waals surface area contributed by atoms with Crippen LogP contribution in [0, 0.1) is 0 Å². The summed E-state index contributed by atoms with van der Waals surface area (Å²) in [5, 5.41) is 5.54. The lowest BCUT2D eigenvalue weighted by atomic mass is 9.98. The van der Waals surface area contributed by atoms with Crippen LogP contribution in [0.4, 0.5) is 4.79 Å². The predicted octanol–water partition coefficient (Wildman–Crippen LogP) is 2.03. The first kappa shape index (κ1) is 16.4. The molecule has 1 saturated heterocycles. The zero-order valence-electron chi connectivity index (χ0n) is 12.6. The molecule has 2 N–H and O–H groups in total. The maximum atomic E-state index is 12.4. The number of carbonyl (C=O) groups is 3. The second-order valence-corrected chi connectivity index (χ2v) is 8.46. The summed E-state index contributed by atoms with van der Waals surface area (Å²) < 4.78 is 1.06. The summed E-state index contributed by atoms with van der Waals surface area (Å²) in [5.74, 6) is -0.559. The molecule has 0 atom stereocenters. The van der Waals surface area contributed by atoms with Crippen LogP contribution in [0.3, 0.4) is 0 Å². The molecule has 2 aliphatic rings. The molecule has 1 aromatic rings. The summed E-state index contributed by atoms with van der Waals surface area (Å²) in [4.78, 5) is 38.6. The Bertz CT molecular complexity index is 640. The number of imide groups is 1. The standard InChI is InChI=1S/C15H18BrN3O3S/c16-11-4-3-10(23-11)5-8-17-12(20)9-19-13(21)15(18-14(19)22)6-1-2-7-15/h3-4H,1-2,5-9H2,(H,17,20)(H,18,22). The molecule has 124 valence electrons. The van der Waals surface area contributed by atoms with Gasteiger partial charge < -0.3 is 10.6 Å². The maximum Gasteiger partial charge on any atom is 0.325 e. The number of carbonyl (C=O) groups excluding carboxylic acids is 3. The van der Waals surface area contributed by atoms with Crippen molar-refractivity contribution in [3.63, 3.8) is 0 Å². The van der Waals surface area contributed by atoms with Gasteiger partial charge in [0.25, 0.3) is 5.91 Å². The Morgan fingerprint density at radius 2 is 2.09 bits per heavy atom. The van der Waals surface area contributed by atoms with Crippen LogP contribution in [0.1, 0.15) is 30.6 Å². The molecule has 2 fully saturated rings. The fourth-order valence-corrected chi connectivity index (χ4v) is 4.63. The minimum Gasteiger partial charge on any atom is -0.354 e. The number of thiophene rings is 1. The van der Waals surface area contributed by atoms with Gasteiger partial charge in [0, 0.05) is 11.4 Å². The van der Waals surface area contributed by atoms with Crippen LogP contribution in [0.15, 0.2) is 15.9 Å². The molecule has 23 heavy (non-hydrogen) atoms. The van der Waals surface area contributed by atoms with E-state index >= 15 is 0 Å². The van der Waals surface area contributed by atoms with Crippen LogP contribution in [-0.2, 0) is 16.0 Å². The molecule has 0 aromatic carbocycles. The van der Waals surface area contributed by atoms with Gasteiger partial charge in [-0.25, -0.2) is 4.79 Å². The molecule has 2 heterocycles. The van der Waals surface area contributed by atoms with Gasteiger partial charge in [-0.2, -0.15) is 0 Å². The van der Waals surface area contributed by atoms with Crippen molar-refractivity contribution in [1.29, 1.82) is 0 Å². The molecular formula is C15H18BrN3O3S. The van der Waals surface area contributed by atoms with Gasteiger partial charge in [-0.05, 0) is 47.3 Å². The molecule has 1 saturated carbocycles. The fraction of sp³-hybridized carbons (Fsp3) is 0.533. The first-order valence-electron chi connectivity index (χ1n) is 7.65. The van der Waals surface area contributed by atoms with Gasteiger partial charge in [0.2, 0.25) is 5.91 Å². The summed E-state index contributed by atoms with van der Waals surface area (Å²) in [6, 6.07) is 3.52. The van der Waals surface area contributed by atoms with E-state index in [1.54, 1.807) is 11.3 Å². The Morgan fingerprint density at radius 3 is 2.74 bits per heavy atom. The second-order valence-electron chi connectivity index (χ2n) is 5.92. The monoisotopic (exact) mass is 399 g/mol. The lowest BCUT2D eigenvalue weighted by Gasteiger charge is -2.19. The van der Waals surface area contributed by atoms with E-state index < -0.39 is 11.6 Å². The van der Waals surface area contributed by atoms with Crippen molar-refractivity contribution in [3.8, 4) is 0 Å². The summed E-state index contributed by atoms with van der Waals surface area (Å²) in [6.07, 6.45) is 3.93. The zero-order chi connectivity index (χ0) is 16.4. The Hall–Kier alpha value is -1.41. The summed E-state index contributed by atoms with van der Waals surface area (Å²) in [6.45, 7) is 0.279. The van der Waals surface area contributed by atoms with Gasteiger partial charge in [0.05, 0.1) is 3.79 Å². The quantitative estimate of drug-likeness (QED) is 0.743. The molecule has 0 unspecified atom stereocenters. The molecule has 1 aliphatic heterocycles. The van der Waals surface area contributed by atoms with Crippen LogP contribution >= 0.6 is 27.3 Å². The normalized spacial score (nSPS) is 19.4. The molecule has 0 bridgehead atoms. The predicted molar refractivity (Wildman–Crippen MR) is 90.2 cm³/mol. The van der Waals surface area contributed by atoms with Crippen molar-refractivity contribution < 1.29 is 14.4 Å². The zero-order valence-corrected chi connectivity index (χ0v) is 15.0. The van der Waals surface area contributed by atoms with Crippen LogP contribution < -0.4 is 10.6 Å².